The quantitative estimate of drug-likeness (QED) is 0.0505. The molecule has 7 rings (SSSR count). The van der Waals surface area contributed by atoms with Crippen molar-refractivity contribution in [3.05, 3.63) is 134 Å². The van der Waals surface area contributed by atoms with Gasteiger partial charge in [-0.05, 0) is 60.7 Å². The zero-order valence-electron chi connectivity index (χ0n) is 27.6. The number of carbonyl (C=O) groups excluding carboxylic acids is 1. The van der Waals surface area contributed by atoms with E-state index in [4.69, 9.17) is 21.5 Å². The summed E-state index contributed by atoms with van der Waals surface area (Å²) in [4.78, 5) is 36.0. The molecule has 0 fully saturated rings. The van der Waals surface area contributed by atoms with Crippen LogP contribution in [-0.2, 0) is 0 Å². The standard InChI is InChI=1S/C14H13N7O.C13H10N4O.C7H8N6/c15-12-19-13(17-11-7-4-8-16-9-11)20-21(12)14(22)18-10-5-2-1-3-6-10;14-10-16-13(17-11-5-4-8-15-9-11)18-12-6-2-1-3-7-12;8-6-11-7(13-12-6)10-5-2-1-3-9-4-5/h1-9H,(H,18,22)(H3,15,17,19,20);1-9H,(H,16,17);1-4H,(H4,8,10,11,12,13). The molecule has 5 heterocycles. The molecule has 0 atom stereocenters. The highest BCUT2D eigenvalue weighted by Crippen LogP contribution is 2.15. The summed E-state index contributed by atoms with van der Waals surface area (Å²) in [6, 6.07) is 28.5. The molecule has 9 N–H and O–H groups in total. The van der Waals surface area contributed by atoms with E-state index < -0.39 is 6.03 Å². The van der Waals surface area contributed by atoms with Gasteiger partial charge in [0.15, 0.2) is 6.19 Å². The molecule has 2 aromatic carbocycles. The van der Waals surface area contributed by atoms with Crippen molar-refractivity contribution in [2.75, 3.05) is 27.4 Å². The number of H-pyrrole nitrogens is 1. The monoisotopic (exact) mass is 709 g/mol. The third-order valence-corrected chi connectivity index (χ3v) is 6.18. The number of ether oxygens (including phenoxy) is 1. The number of nitrogen functional groups attached to an aromatic ring is 2. The number of pyridine rings is 3. The summed E-state index contributed by atoms with van der Waals surface area (Å²) >= 11 is 0. The summed E-state index contributed by atoms with van der Waals surface area (Å²) in [5.74, 6) is 1.52. The predicted octanol–water partition coefficient (Wildman–Crippen LogP) is 4.82. The number of carbonyl (C=O) groups is 1. The van der Waals surface area contributed by atoms with Gasteiger partial charge >= 0.3 is 12.1 Å². The van der Waals surface area contributed by atoms with E-state index in [0.29, 0.717) is 28.8 Å². The molecule has 0 aliphatic rings. The van der Waals surface area contributed by atoms with E-state index in [1.807, 2.05) is 48.5 Å². The van der Waals surface area contributed by atoms with Crippen molar-refractivity contribution in [2.45, 2.75) is 0 Å². The van der Waals surface area contributed by atoms with E-state index in [1.54, 1.807) is 91.9 Å². The number of nitrogens with one attached hydrogen (secondary N) is 5. The predicted molar refractivity (Wildman–Crippen MR) is 198 cm³/mol. The highest BCUT2D eigenvalue weighted by molar-refractivity contribution is 5.92. The lowest BCUT2D eigenvalue weighted by Gasteiger charge is -2.05. The van der Waals surface area contributed by atoms with Gasteiger partial charge in [-0.25, -0.2) is 15.2 Å². The molecule has 0 saturated carbocycles. The molecule has 0 aliphatic carbocycles. The molecule has 19 heteroatoms. The van der Waals surface area contributed by atoms with Gasteiger partial charge < -0.3 is 32.2 Å². The summed E-state index contributed by atoms with van der Waals surface area (Å²) < 4.78 is 6.44. The zero-order valence-corrected chi connectivity index (χ0v) is 27.6. The lowest BCUT2D eigenvalue weighted by atomic mass is 10.3. The van der Waals surface area contributed by atoms with Crippen molar-refractivity contribution in [3.63, 3.8) is 0 Å². The highest BCUT2D eigenvalue weighted by atomic mass is 16.5. The minimum Gasteiger partial charge on any atom is -0.425 e. The number of benzene rings is 2. The van der Waals surface area contributed by atoms with Crippen LogP contribution in [0.5, 0.6) is 5.75 Å². The highest BCUT2D eigenvalue weighted by Gasteiger charge is 2.14. The van der Waals surface area contributed by atoms with Crippen LogP contribution in [0.4, 0.5) is 51.3 Å². The molecule has 1 amide bonds. The number of hydrogen-bond donors (Lipinski definition) is 7. The van der Waals surface area contributed by atoms with Gasteiger partial charge in [0.05, 0.1) is 35.7 Å². The van der Waals surface area contributed by atoms with Gasteiger partial charge in [0.2, 0.25) is 23.8 Å². The van der Waals surface area contributed by atoms with Gasteiger partial charge in [0.25, 0.3) is 0 Å². The number of amidine groups is 1. The van der Waals surface area contributed by atoms with Crippen molar-refractivity contribution in [1.82, 2.24) is 50.2 Å². The number of aliphatic imine (C=N–C) groups is 1. The maximum absolute atomic E-state index is 12.1. The first-order chi connectivity index (χ1) is 25.9. The maximum Gasteiger partial charge on any atom is 0.349 e. The summed E-state index contributed by atoms with van der Waals surface area (Å²) in [7, 11) is 0. The number of aromatic amines is 1. The molecule has 0 aliphatic heterocycles. The van der Waals surface area contributed by atoms with Crippen molar-refractivity contribution in [2.24, 2.45) is 4.99 Å². The lowest BCUT2D eigenvalue weighted by molar-refractivity contribution is 0.251. The average molecular weight is 710 g/mol. The fraction of sp³-hybridized carbons (Fsp3) is 0. The number of nitrogens with two attached hydrogens (primary N) is 2. The van der Waals surface area contributed by atoms with E-state index in [0.717, 1.165) is 10.4 Å². The number of anilines is 7. The molecule has 0 radical (unpaired) electrons. The van der Waals surface area contributed by atoms with Gasteiger partial charge in [-0.2, -0.15) is 20.2 Å². The van der Waals surface area contributed by atoms with Crippen molar-refractivity contribution in [3.8, 4) is 11.9 Å². The molecule has 0 saturated heterocycles. The van der Waals surface area contributed by atoms with Crippen LogP contribution in [0.25, 0.3) is 0 Å². The van der Waals surface area contributed by atoms with Gasteiger partial charge in [0, 0.05) is 24.3 Å². The van der Waals surface area contributed by atoms with E-state index in [2.05, 4.69) is 66.5 Å². The molecule has 0 spiro atoms. The molecule has 7 aromatic rings. The van der Waals surface area contributed by atoms with Gasteiger partial charge in [-0.1, -0.05) is 36.4 Å². The first kappa shape index (κ1) is 35.9. The Balaban J connectivity index is 0.000000158. The van der Waals surface area contributed by atoms with Crippen LogP contribution in [0.2, 0.25) is 0 Å². The van der Waals surface area contributed by atoms with E-state index in [9.17, 15) is 4.79 Å². The summed E-state index contributed by atoms with van der Waals surface area (Å²) in [6.45, 7) is 0. The zero-order chi connectivity index (χ0) is 37.1. The molecule has 19 nitrogen and oxygen atoms in total. The minimum absolute atomic E-state index is 0.0141. The molecule has 53 heavy (non-hydrogen) atoms. The Labute approximate surface area is 301 Å². The maximum atomic E-state index is 12.1. The largest absolute Gasteiger partial charge is 0.425 e. The number of amides is 1. The minimum atomic E-state index is -0.490. The van der Waals surface area contributed by atoms with Crippen LogP contribution >= 0.6 is 0 Å². The number of nitriles is 1. The second-order valence-electron chi connectivity index (χ2n) is 10.1. The normalized spacial score (nSPS) is 10.2. The van der Waals surface area contributed by atoms with Crippen LogP contribution in [-0.4, -0.2) is 57.0 Å². The Morgan fingerprint density at radius 2 is 1.36 bits per heavy atom. The Morgan fingerprint density at radius 3 is 1.92 bits per heavy atom. The van der Waals surface area contributed by atoms with E-state index in [-0.39, 0.29) is 23.9 Å². The SMILES string of the molecule is N#CNC(=Nc1cccnc1)Oc1ccccc1.Nc1nc(Nc2cccnc2)n[nH]1.Nc1nc(Nc2cccnc2)nn1C(=O)Nc1ccccc1. The van der Waals surface area contributed by atoms with Crippen LogP contribution in [0.3, 0.4) is 0 Å². The summed E-state index contributed by atoms with van der Waals surface area (Å²) in [5, 5.41) is 29.9. The fourth-order valence-electron chi connectivity index (χ4n) is 3.95. The third-order valence-electron chi connectivity index (χ3n) is 6.18. The van der Waals surface area contributed by atoms with Crippen molar-refractivity contribution >= 4 is 58.6 Å². The molecular formula is C34H31N17O2. The lowest BCUT2D eigenvalue weighted by Crippen LogP contribution is -2.23. The second-order valence-corrected chi connectivity index (χ2v) is 10.1. The van der Waals surface area contributed by atoms with Crippen LogP contribution in [0, 0.1) is 11.5 Å². The number of nitrogens with zero attached hydrogens (tertiary/aromatic N) is 10. The first-order valence-corrected chi connectivity index (χ1v) is 15.4. The molecule has 0 unspecified atom stereocenters. The molecule has 264 valence electrons. The number of hydrogen-bond acceptors (Lipinski definition) is 15. The van der Waals surface area contributed by atoms with E-state index >= 15 is 0 Å². The number of aromatic nitrogens is 9. The Kier molecular flexibility index (Phi) is 12.8. The Hall–Kier alpha value is -8.40. The number of rotatable bonds is 7. The first-order valence-electron chi connectivity index (χ1n) is 15.4. The average Bonchev–Trinajstić information content (AvgIpc) is 3.77. The van der Waals surface area contributed by atoms with Gasteiger partial charge in [-0.3, -0.25) is 15.0 Å². The van der Waals surface area contributed by atoms with Gasteiger partial charge in [-0.15, -0.1) is 14.9 Å². The summed E-state index contributed by atoms with van der Waals surface area (Å²) in [5.41, 5.74) is 13.8. The summed E-state index contributed by atoms with van der Waals surface area (Å²) in [6.07, 6.45) is 11.6. The van der Waals surface area contributed by atoms with Gasteiger partial charge in [0.1, 0.15) is 5.75 Å². The van der Waals surface area contributed by atoms with Crippen LogP contribution < -0.4 is 37.5 Å². The van der Waals surface area contributed by atoms with Crippen LogP contribution in [0.1, 0.15) is 0 Å². The van der Waals surface area contributed by atoms with Crippen LogP contribution in [0.15, 0.2) is 139 Å². The number of para-hydroxylation sites is 2. The Morgan fingerprint density at radius 1 is 0.755 bits per heavy atom. The van der Waals surface area contributed by atoms with Crippen molar-refractivity contribution < 1.29 is 9.53 Å². The molecular weight excluding hydrogens is 678 g/mol. The second kappa shape index (κ2) is 19.0. The van der Waals surface area contributed by atoms with E-state index in [1.165, 1.54) is 0 Å². The Bertz CT molecular complexity index is 2210. The van der Waals surface area contributed by atoms with Crippen molar-refractivity contribution in [1.29, 1.82) is 5.26 Å². The molecule has 5 aromatic heterocycles. The fourth-order valence-corrected chi connectivity index (χ4v) is 3.95. The molecule has 0 bridgehead atoms. The third kappa shape index (κ3) is 11.9. The topological polar surface area (TPSA) is 274 Å². The smallest absolute Gasteiger partial charge is 0.349 e.